The average Bonchev–Trinajstić information content (AvgIpc) is 3.24. The smallest absolute Gasteiger partial charge is 0.230 e. The monoisotopic (exact) mass is 386 g/mol. The first-order valence-electron chi connectivity index (χ1n) is 9.82. The molecule has 1 atom stereocenters. The van der Waals surface area contributed by atoms with Crippen LogP contribution in [-0.4, -0.2) is 54.0 Å². The number of aromatic nitrogens is 2. The molecule has 0 radical (unpaired) electrons. The quantitative estimate of drug-likeness (QED) is 0.770. The van der Waals surface area contributed by atoms with Crippen LogP contribution >= 0.6 is 11.8 Å². The first-order valence-corrected chi connectivity index (χ1v) is 10.8. The van der Waals surface area contributed by atoms with Crippen molar-refractivity contribution in [3.05, 3.63) is 24.3 Å². The van der Waals surface area contributed by atoms with Gasteiger partial charge >= 0.3 is 0 Å². The van der Waals surface area contributed by atoms with E-state index in [-0.39, 0.29) is 12.0 Å². The Kier molecular flexibility index (Phi) is 6.09. The molecule has 27 heavy (non-hydrogen) atoms. The average molecular weight is 387 g/mol. The maximum Gasteiger partial charge on any atom is 0.230 e. The first-order chi connectivity index (χ1) is 13.3. The van der Waals surface area contributed by atoms with Crippen LogP contribution in [0.25, 0.3) is 11.0 Å². The van der Waals surface area contributed by atoms with Crippen molar-refractivity contribution in [3.63, 3.8) is 0 Å². The molecule has 1 aromatic heterocycles. The molecule has 0 bridgehead atoms. The van der Waals surface area contributed by atoms with E-state index in [9.17, 15) is 4.79 Å². The SMILES string of the molecule is O=C(CSc1nc2ccccc2nc1N1CCCCC1)NC[C@@H]1CCCO1. The van der Waals surface area contributed by atoms with Crippen molar-refractivity contribution in [1.29, 1.82) is 0 Å². The molecule has 2 fully saturated rings. The Balaban J connectivity index is 1.46. The number of carbonyl (C=O) groups is 1. The van der Waals surface area contributed by atoms with E-state index >= 15 is 0 Å². The molecular formula is C20H26N4O2S. The highest BCUT2D eigenvalue weighted by Gasteiger charge is 2.20. The highest BCUT2D eigenvalue weighted by molar-refractivity contribution is 8.00. The molecule has 6 nitrogen and oxygen atoms in total. The van der Waals surface area contributed by atoms with Gasteiger partial charge in [0.15, 0.2) is 5.82 Å². The highest BCUT2D eigenvalue weighted by atomic mass is 32.2. The molecule has 1 N–H and O–H groups in total. The summed E-state index contributed by atoms with van der Waals surface area (Å²) in [5.41, 5.74) is 1.78. The number of hydrogen-bond donors (Lipinski definition) is 1. The number of thioether (sulfide) groups is 1. The van der Waals surface area contributed by atoms with Gasteiger partial charge in [-0.25, -0.2) is 9.97 Å². The second-order valence-electron chi connectivity index (χ2n) is 7.12. The molecule has 0 aliphatic carbocycles. The summed E-state index contributed by atoms with van der Waals surface area (Å²) < 4.78 is 5.56. The molecule has 7 heteroatoms. The largest absolute Gasteiger partial charge is 0.376 e. The van der Waals surface area contributed by atoms with E-state index in [1.54, 1.807) is 0 Å². The molecule has 144 valence electrons. The van der Waals surface area contributed by atoms with Crippen LogP contribution in [0.5, 0.6) is 0 Å². The number of hydrogen-bond acceptors (Lipinski definition) is 6. The number of nitrogens with one attached hydrogen (secondary N) is 1. The standard InChI is InChI=1S/C20H26N4O2S/c25-18(21-13-15-7-6-12-26-15)14-27-20-19(24-10-4-1-5-11-24)22-16-8-2-3-9-17(16)23-20/h2-3,8-9,15H,1,4-7,10-14H2,(H,21,25)/t15-/m0/s1. The molecular weight excluding hydrogens is 360 g/mol. The van der Waals surface area contributed by atoms with Gasteiger partial charge in [-0.05, 0) is 44.2 Å². The Labute approximate surface area is 164 Å². The predicted octanol–water partition coefficient (Wildman–Crippen LogP) is 3.01. The van der Waals surface area contributed by atoms with E-state index in [4.69, 9.17) is 14.7 Å². The summed E-state index contributed by atoms with van der Waals surface area (Å²) in [6, 6.07) is 7.94. The van der Waals surface area contributed by atoms with E-state index < -0.39 is 0 Å². The molecule has 2 aliphatic heterocycles. The topological polar surface area (TPSA) is 67.4 Å². The van der Waals surface area contributed by atoms with Crippen LogP contribution in [0.2, 0.25) is 0 Å². The van der Waals surface area contributed by atoms with Crippen molar-refractivity contribution in [2.24, 2.45) is 0 Å². The van der Waals surface area contributed by atoms with E-state index in [1.807, 2.05) is 24.3 Å². The van der Waals surface area contributed by atoms with Crippen molar-refractivity contribution in [2.75, 3.05) is 36.9 Å². The lowest BCUT2D eigenvalue weighted by Gasteiger charge is -2.29. The zero-order chi connectivity index (χ0) is 18.5. The van der Waals surface area contributed by atoms with Crippen LogP contribution in [0, 0.1) is 0 Å². The number of carbonyl (C=O) groups excluding carboxylic acids is 1. The number of ether oxygens (including phenoxy) is 1. The van der Waals surface area contributed by atoms with Gasteiger partial charge in [0.25, 0.3) is 0 Å². The van der Waals surface area contributed by atoms with E-state index in [0.29, 0.717) is 12.3 Å². The summed E-state index contributed by atoms with van der Waals surface area (Å²) in [7, 11) is 0. The number of rotatable bonds is 6. The minimum Gasteiger partial charge on any atom is -0.376 e. The molecule has 2 aliphatic rings. The Morgan fingerprint density at radius 2 is 1.93 bits per heavy atom. The molecule has 0 spiro atoms. The van der Waals surface area contributed by atoms with Gasteiger partial charge in [0, 0.05) is 26.2 Å². The third kappa shape index (κ3) is 4.71. The zero-order valence-electron chi connectivity index (χ0n) is 15.5. The summed E-state index contributed by atoms with van der Waals surface area (Å²) in [4.78, 5) is 24.3. The molecule has 0 saturated carbocycles. The number of piperidine rings is 1. The maximum atomic E-state index is 12.3. The van der Waals surface area contributed by atoms with Gasteiger partial charge in [0.05, 0.1) is 22.9 Å². The van der Waals surface area contributed by atoms with Crippen LogP contribution in [0.4, 0.5) is 5.82 Å². The zero-order valence-corrected chi connectivity index (χ0v) is 16.3. The van der Waals surface area contributed by atoms with Crippen LogP contribution < -0.4 is 10.2 Å². The number of amides is 1. The van der Waals surface area contributed by atoms with E-state index in [2.05, 4.69) is 10.2 Å². The van der Waals surface area contributed by atoms with Crippen molar-refractivity contribution in [2.45, 2.75) is 43.2 Å². The van der Waals surface area contributed by atoms with Crippen molar-refractivity contribution >= 4 is 34.5 Å². The highest BCUT2D eigenvalue weighted by Crippen LogP contribution is 2.30. The molecule has 3 heterocycles. The normalized spacial score (nSPS) is 20.1. The molecule has 0 unspecified atom stereocenters. The second-order valence-corrected chi connectivity index (χ2v) is 8.08. The minimum absolute atomic E-state index is 0.0232. The van der Waals surface area contributed by atoms with Gasteiger partial charge in [-0.15, -0.1) is 0 Å². The van der Waals surface area contributed by atoms with Crippen molar-refractivity contribution in [1.82, 2.24) is 15.3 Å². The summed E-state index contributed by atoms with van der Waals surface area (Å²) in [6.45, 7) is 3.42. The van der Waals surface area contributed by atoms with Gasteiger partial charge < -0.3 is 15.0 Å². The molecule has 1 aromatic carbocycles. The molecule has 2 aromatic rings. The van der Waals surface area contributed by atoms with Gasteiger partial charge in [-0.3, -0.25) is 4.79 Å². The van der Waals surface area contributed by atoms with Crippen LogP contribution in [0.3, 0.4) is 0 Å². The van der Waals surface area contributed by atoms with E-state index in [0.717, 1.165) is 54.4 Å². The Morgan fingerprint density at radius 1 is 1.15 bits per heavy atom. The summed E-state index contributed by atoms with van der Waals surface area (Å²) in [5.74, 6) is 1.29. The van der Waals surface area contributed by atoms with Crippen LogP contribution in [0.1, 0.15) is 32.1 Å². The summed E-state index contributed by atoms with van der Waals surface area (Å²) >= 11 is 1.48. The maximum absolute atomic E-state index is 12.3. The third-order valence-electron chi connectivity index (χ3n) is 5.07. The van der Waals surface area contributed by atoms with Crippen molar-refractivity contribution in [3.8, 4) is 0 Å². The molecule has 4 rings (SSSR count). The molecule has 2 saturated heterocycles. The minimum atomic E-state index is 0.0232. The van der Waals surface area contributed by atoms with Gasteiger partial charge in [0.2, 0.25) is 5.91 Å². The predicted molar refractivity (Wildman–Crippen MR) is 108 cm³/mol. The fourth-order valence-corrected chi connectivity index (χ4v) is 4.44. The van der Waals surface area contributed by atoms with Crippen LogP contribution in [-0.2, 0) is 9.53 Å². The molecule has 1 amide bonds. The van der Waals surface area contributed by atoms with Gasteiger partial charge in [0.1, 0.15) is 5.03 Å². The van der Waals surface area contributed by atoms with Crippen molar-refractivity contribution < 1.29 is 9.53 Å². The Hall–Kier alpha value is -1.86. The summed E-state index contributed by atoms with van der Waals surface area (Å²) in [6.07, 6.45) is 5.92. The first kappa shape index (κ1) is 18.5. The third-order valence-corrected chi connectivity index (χ3v) is 6.02. The lowest BCUT2D eigenvalue weighted by molar-refractivity contribution is -0.119. The number of anilines is 1. The second kappa shape index (κ2) is 8.89. The van der Waals surface area contributed by atoms with Gasteiger partial charge in [-0.2, -0.15) is 0 Å². The number of fused-ring (bicyclic) bond motifs is 1. The fraction of sp³-hybridized carbons (Fsp3) is 0.550. The summed E-state index contributed by atoms with van der Waals surface area (Å²) in [5, 5.41) is 3.83. The lowest BCUT2D eigenvalue weighted by Crippen LogP contribution is -2.33. The fourth-order valence-electron chi connectivity index (χ4n) is 3.60. The van der Waals surface area contributed by atoms with E-state index in [1.165, 1.54) is 31.0 Å². The number of nitrogens with zero attached hydrogens (tertiary/aromatic N) is 3. The van der Waals surface area contributed by atoms with Gasteiger partial charge in [-0.1, -0.05) is 23.9 Å². The number of para-hydroxylation sites is 2. The Bertz CT molecular complexity index is 789. The number of benzene rings is 1. The van der Waals surface area contributed by atoms with Crippen LogP contribution in [0.15, 0.2) is 29.3 Å². The Morgan fingerprint density at radius 3 is 2.67 bits per heavy atom. The lowest BCUT2D eigenvalue weighted by atomic mass is 10.1.